The Morgan fingerprint density at radius 2 is 2.40 bits per heavy atom. The Bertz CT molecular complexity index is 103. The number of likely N-dealkylation sites (N-methyl/N-ethyl adjacent to an activating group) is 1. The molecule has 1 aliphatic rings. The van der Waals surface area contributed by atoms with Crippen LogP contribution in [0.15, 0.2) is 0 Å². The molecule has 1 rings (SSSR count). The third kappa shape index (κ3) is 1.68. The maximum Gasteiger partial charge on any atom is 0.0383 e. The second-order valence-electron chi connectivity index (χ2n) is 3.04. The van der Waals surface area contributed by atoms with Crippen LogP contribution in [0.3, 0.4) is 0 Å². The van der Waals surface area contributed by atoms with E-state index in [9.17, 15) is 0 Å². The van der Waals surface area contributed by atoms with E-state index in [1.54, 1.807) is 0 Å². The highest BCUT2D eigenvalue weighted by Gasteiger charge is 2.21. The highest BCUT2D eigenvalue weighted by molar-refractivity contribution is 4.82. The van der Waals surface area contributed by atoms with Gasteiger partial charge in [0.2, 0.25) is 0 Å². The molecule has 59 valence electrons. The lowest BCUT2D eigenvalue weighted by Gasteiger charge is -2.34. The Morgan fingerprint density at radius 1 is 1.70 bits per heavy atom. The minimum atomic E-state index is 0.244. The summed E-state index contributed by atoms with van der Waals surface area (Å²) >= 11 is 0. The van der Waals surface area contributed by atoms with E-state index in [0.717, 1.165) is 19.6 Å². The van der Waals surface area contributed by atoms with Crippen LogP contribution in [0.2, 0.25) is 0 Å². The highest BCUT2D eigenvalue weighted by atomic mass is 15.2. The predicted octanol–water partition coefficient (Wildman–Crippen LogP) is -0.748. The molecule has 1 aliphatic heterocycles. The molecule has 3 nitrogen and oxygen atoms in total. The number of hydrogen-bond acceptors (Lipinski definition) is 2. The lowest BCUT2D eigenvalue weighted by molar-refractivity contribution is 0.177. The van der Waals surface area contributed by atoms with Gasteiger partial charge >= 0.3 is 0 Å². The van der Waals surface area contributed by atoms with E-state index < -0.39 is 0 Å². The Kier molecular flexibility index (Phi) is 2.65. The van der Waals surface area contributed by atoms with Crippen LogP contribution in [-0.4, -0.2) is 43.7 Å². The number of nitrogens with two attached hydrogens (primary N) is 1. The molecular formula is C7H16N3. The fourth-order valence-corrected chi connectivity index (χ4v) is 1.32. The monoisotopic (exact) mass is 142 g/mol. The molecule has 3 heteroatoms. The Hall–Kier alpha value is -0.120. The van der Waals surface area contributed by atoms with Crippen molar-refractivity contribution in [3.8, 4) is 0 Å². The van der Waals surface area contributed by atoms with Crippen LogP contribution >= 0.6 is 0 Å². The summed E-state index contributed by atoms with van der Waals surface area (Å²) in [5.41, 5.74) is 5.76. The summed E-state index contributed by atoms with van der Waals surface area (Å²) in [7, 11) is 2.11. The molecule has 0 aromatic carbocycles. The first-order valence-corrected chi connectivity index (χ1v) is 3.81. The normalized spacial score (nSPS) is 32.1. The van der Waals surface area contributed by atoms with Crippen LogP contribution in [0, 0.1) is 0 Å². The Balaban J connectivity index is 2.40. The Morgan fingerprint density at radius 3 is 2.80 bits per heavy atom. The van der Waals surface area contributed by atoms with Gasteiger partial charge < -0.3 is 5.73 Å². The van der Waals surface area contributed by atoms with Gasteiger partial charge in [-0.2, -0.15) is 0 Å². The minimum absolute atomic E-state index is 0.244. The second-order valence-corrected chi connectivity index (χ2v) is 3.04. The summed E-state index contributed by atoms with van der Waals surface area (Å²) in [6.07, 6.45) is 0. The van der Waals surface area contributed by atoms with Gasteiger partial charge in [-0.1, -0.05) is 0 Å². The highest BCUT2D eigenvalue weighted by Crippen LogP contribution is 2.03. The van der Waals surface area contributed by atoms with Crippen molar-refractivity contribution in [3.05, 3.63) is 0 Å². The molecule has 1 radical (unpaired) electrons. The summed E-state index contributed by atoms with van der Waals surface area (Å²) in [5.74, 6) is 0. The fourth-order valence-electron chi connectivity index (χ4n) is 1.32. The molecular weight excluding hydrogens is 126 g/mol. The Labute approximate surface area is 62.6 Å². The average Bonchev–Trinajstić information content (AvgIpc) is 1.88. The van der Waals surface area contributed by atoms with Gasteiger partial charge in [-0.3, -0.25) is 4.90 Å². The molecule has 2 N–H and O–H groups in total. The van der Waals surface area contributed by atoms with E-state index in [-0.39, 0.29) is 6.04 Å². The van der Waals surface area contributed by atoms with E-state index in [4.69, 9.17) is 5.73 Å². The van der Waals surface area contributed by atoms with Crippen LogP contribution in [0.4, 0.5) is 0 Å². The van der Waals surface area contributed by atoms with Crippen molar-refractivity contribution < 1.29 is 0 Å². The molecule has 0 spiro atoms. The summed E-state index contributed by atoms with van der Waals surface area (Å²) < 4.78 is 0. The van der Waals surface area contributed by atoms with E-state index >= 15 is 0 Å². The summed E-state index contributed by atoms with van der Waals surface area (Å²) in [6, 6.07) is 0.711. The van der Waals surface area contributed by atoms with E-state index in [2.05, 4.69) is 17.3 Å². The topological polar surface area (TPSA) is 43.4 Å². The molecule has 0 aliphatic carbocycles. The van der Waals surface area contributed by atoms with Crippen molar-refractivity contribution in [2.24, 2.45) is 5.73 Å². The van der Waals surface area contributed by atoms with Crippen molar-refractivity contribution in [1.82, 2.24) is 10.2 Å². The molecule has 1 saturated heterocycles. The summed E-state index contributed by atoms with van der Waals surface area (Å²) in [4.78, 5) is 2.29. The molecule has 10 heavy (non-hydrogen) atoms. The first-order valence-electron chi connectivity index (χ1n) is 3.81. The third-order valence-electron chi connectivity index (χ3n) is 2.10. The second kappa shape index (κ2) is 3.32. The smallest absolute Gasteiger partial charge is 0.0383 e. The number of hydrogen-bond donors (Lipinski definition) is 1. The number of nitrogens with zero attached hydrogens (tertiary/aromatic N) is 2. The number of rotatable bonds is 1. The van der Waals surface area contributed by atoms with Gasteiger partial charge in [0.25, 0.3) is 0 Å². The third-order valence-corrected chi connectivity index (χ3v) is 2.10. The minimum Gasteiger partial charge on any atom is -0.326 e. The first kappa shape index (κ1) is 7.98. The lowest BCUT2D eigenvalue weighted by Crippen LogP contribution is -2.54. The molecule has 0 aromatic rings. The van der Waals surface area contributed by atoms with Gasteiger partial charge in [0, 0.05) is 31.7 Å². The van der Waals surface area contributed by atoms with Gasteiger partial charge in [-0.25, -0.2) is 5.32 Å². The molecule has 1 heterocycles. The van der Waals surface area contributed by atoms with Crippen molar-refractivity contribution >= 4 is 0 Å². The maximum absolute atomic E-state index is 5.76. The molecule has 2 unspecified atom stereocenters. The maximum atomic E-state index is 5.76. The van der Waals surface area contributed by atoms with Crippen molar-refractivity contribution in [1.29, 1.82) is 0 Å². The predicted molar refractivity (Wildman–Crippen MR) is 41.9 cm³/mol. The zero-order valence-corrected chi connectivity index (χ0v) is 6.75. The van der Waals surface area contributed by atoms with Crippen molar-refractivity contribution in [2.45, 2.75) is 19.0 Å². The van der Waals surface area contributed by atoms with Crippen LogP contribution in [0.1, 0.15) is 6.92 Å². The van der Waals surface area contributed by atoms with Crippen molar-refractivity contribution in [3.63, 3.8) is 0 Å². The molecule has 1 fully saturated rings. The zero-order chi connectivity index (χ0) is 7.56. The van der Waals surface area contributed by atoms with Crippen LogP contribution in [-0.2, 0) is 0 Å². The number of piperazine rings is 1. The van der Waals surface area contributed by atoms with Gasteiger partial charge in [0.1, 0.15) is 0 Å². The lowest BCUT2D eigenvalue weighted by atomic mass is 10.1. The fraction of sp³-hybridized carbons (Fsp3) is 1.00. The van der Waals surface area contributed by atoms with Gasteiger partial charge in [-0.05, 0) is 14.0 Å². The quantitative estimate of drug-likeness (QED) is 0.523. The SMILES string of the molecule is CC(N)C1C[N]CCN1C. The van der Waals surface area contributed by atoms with E-state index in [1.165, 1.54) is 0 Å². The van der Waals surface area contributed by atoms with Gasteiger partial charge in [-0.15, -0.1) is 0 Å². The first-order chi connectivity index (χ1) is 4.72. The average molecular weight is 142 g/mol. The van der Waals surface area contributed by atoms with Crippen LogP contribution < -0.4 is 11.1 Å². The van der Waals surface area contributed by atoms with Gasteiger partial charge in [0.05, 0.1) is 0 Å². The molecule has 2 atom stereocenters. The standard InChI is InChI=1S/C7H16N3/c1-6(8)7-5-9-3-4-10(7)2/h6-7H,3-5,8H2,1-2H3. The molecule has 0 saturated carbocycles. The summed E-state index contributed by atoms with van der Waals surface area (Å²) in [5, 5.41) is 4.31. The molecule has 0 bridgehead atoms. The van der Waals surface area contributed by atoms with Gasteiger partial charge in [0.15, 0.2) is 0 Å². The van der Waals surface area contributed by atoms with E-state index in [1.807, 2.05) is 6.92 Å². The van der Waals surface area contributed by atoms with Crippen molar-refractivity contribution in [2.75, 3.05) is 26.7 Å². The zero-order valence-electron chi connectivity index (χ0n) is 6.75. The largest absolute Gasteiger partial charge is 0.326 e. The summed E-state index contributed by atoms with van der Waals surface area (Å²) in [6.45, 7) is 4.99. The molecule has 0 aromatic heterocycles. The van der Waals surface area contributed by atoms with Crippen LogP contribution in [0.5, 0.6) is 0 Å². The van der Waals surface area contributed by atoms with E-state index in [0.29, 0.717) is 6.04 Å². The van der Waals surface area contributed by atoms with Crippen LogP contribution in [0.25, 0.3) is 0 Å². The molecule has 0 amide bonds.